The lowest BCUT2D eigenvalue weighted by Gasteiger charge is -2.34. The van der Waals surface area contributed by atoms with E-state index < -0.39 is 5.41 Å². The molecule has 0 spiro atoms. The molecule has 0 radical (unpaired) electrons. The molecule has 0 bridgehead atoms. The summed E-state index contributed by atoms with van der Waals surface area (Å²) in [4.78, 5) is 12.5. The molecule has 3 nitrogen and oxygen atoms in total. The van der Waals surface area contributed by atoms with Gasteiger partial charge in [-0.25, -0.2) is 0 Å². The van der Waals surface area contributed by atoms with Crippen molar-refractivity contribution >= 4 is 5.97 Å². The average Bonchev–Trinajstić information content (AvgIpc) is 2.80. The molecule has 220 valence electrons. The van der Waals surface area contributed by atoms with Crippen LogP contribution in [0, 0.1) is 10.8 Å². The molecule has 0 aliphatic heterocycles. The molecule has 0 N–H and O–H groups in total. The largest absolute Gasteiger partial charge is 0.493 e. The lowest BCUT2D eigenvalue weighted by Crippen LogP contribution is -2.27. The van der Waals surface area contributed by atoms with Crippen LogP contribution in [-0.4, -0.2) is 12.6 Å². The van der Waals surface area contributed by atoms with Gasteiger partial charge in [-0.2, -0.15) is 0 Å². The van der Waals surface area contributed by atoms with E-state index in [4.69, 9.17) is 9.47 Å². The van der Waals surface area contributed by atoms with E-state index in [9.17, 15) is 4.79 Å². The molecule has 0 atom stereocenters. The second kappa shape index (κ2) is 17.2. The number of rotatable bonds is 19. The third kappa shape index (κ3) is 15.2. The maximum absolute atomic E-state index is 12.5. The van der Waals surface area contributed by atoms with Crippen LogP contribution < -0.4 is 9.47 Å². The Hall–Kier alpha value is -1.51. The third-order valence-electron chi connectivity index (χ3n) is 7.23. The standard InChI is InChI=1S/C35H62O3/c1-10-11-12-13-14-15-16-17-18-19-20-21-22-23-26-37-31-25-24-29(38-32(36)34(5,6)7)27-30(31)35(8,9)28-33(2,3)4/h24-25,27H,10-23,26,28H2,1-9H3. The van der Waals surface area contributed by atoms with Crippen LogP contribution in [0.3, 0.4) is 0 Å². The van der Waals surface area contributed by atoms with Gasteiger partial charge in [0.25, 0.3) is 0 Å². The van der Waals surface area contributed by atoms with Crippen LogP contribution in [-0.2, 0) is 10.2 Å². The van der Waals surface area contributed by atoms with Crippen molar-refractivity contribution in [3.63, 3.8) is 0 Å². The number of hydrogen-bond acceptors (Lipinski definition) is 3. The van der Waals surface area contributed by atoms with Crippen LogP contribution >= 0.6 is 0 Å². The number of carbonyl (C=O) groups is 1. The normalized spacial score (nSPS) is 12.6. The Morgan fingerprint density at radius 1 is 0.684 bits per heavy atom. The summed E-state index contributed by atoms with van der Waals surface area (Å²) in [6.45, 7) is 20.0. The number of hydrogen-bond donors (Lipinski definition) is 0. The van der Waals surface area contributed by atoms with Crippen LogP contribution in [0.4, 0.5) is 0 Å². The van der Waals surface area contributed by atoms with E-state index in [2.05, 4.69) is 41.5 Å². The van der Waals surface area contributed by atoms with Crippen molar-refractivity contribution in [2.45, 2.75) is 164 Å². The first-order chi connectivity index (χ1) is 17.8. The molecule has 0 aliphatic rings. The molecule has 0 amide bonds. The van der Waals surface area contributed by atoms with E-state index in [1.165, 1.54) is 83.5 Å². The summed E-state index contributed by atoms with van der Waals surface area (Å²) < 4.78 is 12.1. The van der Waals surface area contributed by atoms with Gasteiger partial charge < -0.3 is 9.47 Å². The molecule has 0 aromatic heterocycles. The Balaban J connectivity index is 2.49. The molecule has 0 fully saturated rings. The van der Waals surface area contributed by atoms with E-state index in [-0.39, 0.29) is 16.8 Å². The molecule has 38 heavy (non-hydrogen) atoms. The minimum atomic E-state index is -0.538. The van der Waals surface area contributed by atoms with Gasteiger partial charge in [0.15, 0.2) is 0 Å². The fraction of sp³-hybridized carbons (Fsp3) is 0.800. The van der Waals surface area contributed by atoms with E-state index in [1.807, 2.05) is 39.0 Å². The van der Waals surface area contributed by atoms with Gasteiger partial charge in [0.2, 0.25) is 0 Å². The van der Waals surface area contributed by atoms with Gasteiger partial charge in [-0.1, -0.05) is 125 Å². The van der Waals surface area contributed by atoms with E-state index in [1.54, 1.807) is 0 Å². The van der Waals surface area contributed by atoms with Crippen molar-refractivity contribution in [2.24, 2.45) is 10.8 Å². The maximum Gasteiger partial charge on any atom is 0.316 e. The Bertz CT molecular complexity index is 779. The zero-order valence-corrected chi connectivity index (χ0v) is 26.8. The minimum absolute atomic E-state index is 0.104. The molecule has 1 aromatic rings. The first kappa shape index (κ1) is 34.5. The number of esters is 1. The quantitative estimate of drug-likeness (QED) is 0.101. The van der Waals surface area contributed by atoms with Crippen LogP contribution in [0.25, 0.3) is 0 Å². The number of unbranched alkanes of at least 4 members (excludes halogenated alkanes) is 13. The molecular weight excluding hydrogens is 468 g/mol. The molecule has 0 saturated carbocycles. The summed E-state index contributed by atoms with van der Waals surface area (Å²) in [5.41, 5.74) is 0.655. The Kier molecular flexibility index (Phi) is 15.7. The highest BCUT2D eigenvalue weighted by Gasteiger charge is 2.31. The van der Waals surface area contributed by atoms with Gasteiger partial charge in [-0.3, -0.25) is 4.79 Å². The highest BCUT2D eigenvalue weighted by Crippen LogP contribution is 2.42. The maximum atomic E-state index is 12.5. The molecule has 3 heteroatoms. The first-order valence-electron chi connectivity index (χ1n) is 15.8. The van der Waals surface area contributed by atoms with E-state index in [0.717, 1.165) is 30.8 Å². The summed E-state index contributed by atoms with van der Waals surface area (Å²) in [6.07, 6.45) is 20.0. The smallest absolute Gasteiger partial charge is 0.316 e. The van der Waals surface area contributed by atoms with Crippen LogP contribution in [0.2, 0.25) is 0 Å². The van der Waals surface area contributed by atoms with Crippen molar-refractivity contribution in [1.29, 1.82) is 0 Å². The van der Waals surface area contributed by atoms with Crippen LogP contribution in [0.5, 0.6) is 11.5 Å². The number of carbonyl (C=O) groups excluding carboxylic acids is 1. The van der Waals surface area contributed by atoms with Gasteiger partial charge in [0.1, 0.15) is 11.5 Å². The third-order valence-corrected chi connectivity index (χ3v) is 7.23. The topological polar surface area (TPSA) is 35.5 Å². The Labute approximate surface area is 236 Å². The number of ether oxygens (including phenoxy) is 2. The van der Waals surface area contributed by atoms with Crippen molar-refractivity contribution in [3.05, 3.63) is 23.8 Å². The molecule has 1 rings (SSSR count). The molecule has 1 aromatic carbocycles. The molecule has 0 unspecified atom stereocenters. The van der Waals surface area contributed by atoms with Crippen LogP contribution in [0.1, 0.15) is 164 Å². The molecular formula is C35H62O3. The predicted molar refractivity (Wildman–Crippen MR) is 164 cm³/mol. The summed E-state index contributed by atoms with van der Waals surface area (Å²) in [7, 11) is 0. The minimum Gasteiger partial charge on any atom is -0.493 e. The number of benzene rings is 1. The van der Waals surface area contributed by atoms with Crippen molar-refractivity contribution in [1.82, 2.24) is 0 Å². The van der Waals surface area contributed by atoms with Crippen molar-refractivity contribution < 1.29 is 14.3 Å². The first-order valence-corrected chi connectivity index (χ1v) is 15.8. The van der Waals surface area contributed by atoms with Gasteiger partial charge in [-0.15, -0.1) is 0 Å². The van der Waals surface area contributed by atoms with Gasteiger partial charge in [0, 0.05) is 5.56 Å². The fourth-order valence-electron chi connectivity index (χ4n) is 5.39. The van der Waals surface area contributed by atoms with Crippen molar-refractivity contribution in [3.8, 4) is 11.5 Å². The summed E-state index contributed by atoms with van der Waals surface area (Å²) >= 11 is 0. The Morgan fingerprint density at radius 3 is 1.61 bits per heavy atom. The predicted octanol–water partition coefficient (Wildman–Crippen LogP) is 11.2. The van der Waals surface area contributed by atoms with Crippen molar-refractivity contribution in [2.75, 3.05) is 6.61 Å². The molecule has 0 saturated heterocycles. The second-order valence-corrected chi connectivity index (χ2v) is 14.4. The summed E-state index contributed by atoms with van der Waals surface area (Å²) in [6, 6.07) is 5.89. The second-order valence-electron chi connectivity index (χ2n) is 14.4. The van der Waals surface area contributed by atoms with Gasteiger partial charge in [0.05, 0.1) is 12.0 Å². The Morgan fingerprint density at radius 2 is 1.16 bits per heavy atom. The highest BCUT2D eigenvalue weighted by molar-refractivity contribution is 5.78. The van der Waals surface area contributed by atoms with Crippen LogP contribution in [0.15, 0.2) is 18.2 Å². The highest BCUT2D eigenvalue weighted by atomic mass is 16.5. The summed E-state index contributed by atoms with van der Waals surface area (Å²) in [5, 5.41) is 0. The fourth-order valence-corrected chi connectivity index (χ4v) is 5.39. The van der Waals surface area contributed by atoms with E-state index >= 15 is 0 Å². The zero-order valence-electron chi connectivity index (χ0n) is 26.8. The summed E-state index contributed by atoms with van der Waals surface area (Å²) in [5.74, 6) is 1.31. The lowest BCUT2D eigenvalue weighted by molar-refractivity contribution is -0.143. The lowest BCUT2D eigenvalue weighted by atomic mass is 9.72. The monoisotopic (exact) mass is 530 g/mol. The van der Waals surface area contributed by atoms with E-state index in [0.29, 0.717) is 5.75 Å². The average molecular weight is 531 g/mol. The SMILES string of the molecule is CCCCCCCCCCCCCCCCOc1ccc(OC(=O)C(C)(C)C)cc1C(C)(C)CC(C)(C)C. The molecule has 0 aliphatic carbocycles. The molecule has 0 heterocycles. The zero-order chi connectivity index (χ0) is 28.7. The van der Waals surface area contributed by atoms with Gasteiger partial charge in [-0.05, 0) is 62.6 Å². The van der Waals surface area contributed by atoms with Gasteiger partial charge >= 0.3 is 5.97 Å².